The third-order valence-corrected chi connectivity index (χ3v) is 3.08. The van der Waals surface area contributed by atoms with Crippen LogP contribution in [0.1, 0.15) is 5.56 Å². The first-order valence-electron chi connectivity index (χ1n) is 5.90. The fraction of sp³-hybridized carbons (Fsp3) is 0.462. The molecular formula is C13H19N3O2. The molecule has 98 valence electrons. The number of anilines is 1. The lowest BCUT2D eigenvalue weighted by Crippen LogP contribution is -2.24. The molecule has 1 aromatic carbocycles. The fourth-order valence-electron chi connectivity index (χ4n) is 2.08. The molecule has 0 saturated carbocycles. The maximum atomic E-state index is 5.98. The van der Waals surface area contributed by atoms with Crippen LogP contribution >= 0.6 is 0 Å². The van der Waals surface area contributed by atoms with Crippen LogP contribution in [-0.4, -0.2) is 36.5 Å². The molecule has 18 heavy (non-hydrogen) atoms. The zero-order chi connectivity index (χ0) is 13.1. The SMILES string of the molecule is COCC(Cn1c(N)nc2c(C)cccc21)OC. The molecule has 5 heteroatoms. The quantitative estimate of drug-likeness (QED) is 0.874. The highest BCUT2D eigenvalue weighted by atomic mass is 16.5. The topological polar surface area (TPSA) is 62.3 Å². The predicted molar refractivity (Wildman–Crippen MR) is 71.6 cm³/mol. The molecule has 0 fully saturated rings. The van der Waals surface area contributed by atoms with E-state index in [-0.39, 0.29) is 6.10 Å². The van der Waals surface area contributed by atoms with Crippen molar-refractivity contribution in [2.45, 2.75) is 19.6 Å². The smallest absolute Gasteiger partial charge is 0.201 e. The molecule has 1 aromatic heterocycles. The Kier molecular flexibility index (Phi) is 3.84. The summed E-state index contributed by atoms with van der Waals surface area (Å²) in [4.78, 5) is 4.40. The van der Waals surface area contributed by atoms with Gasteiger partial charge in [0.15, 0.2) is 0 Å². The molecule has 2 aromatic rings. The molecule has 1 heterocycles. The third kappa shape index (κ3) is 2.32. The highest BCUT2D eigenvalue weighted by Crippen LogP contribution is 2.21. The normalized spacial score (nSPS) is 13.1. The van der Waals surface area contributed by atoms with Crippen molar-refractivity contribution in [1.29, 1.82) is 0 Å². The van der Waals surface area contributed by atoms with E-state index in [9.17, 15) is 0 Å². The minimum Gasteiger partial charge on any atom is -0.382 e. The van der Waals surface area contributed by atoms with Crippen molar-refractivity contribution >= 4 is 17.0 Å². The predicted octanol–water partition coefficient (Wildman–Crippen LogP) is 1.59. The van der Waals surface area contributed by atoms with Crippen molar-refractivity contribution in [2.75, 3.05) is 26.6 Å². The van der Waals surface area contributed by atoms with Gasteiger partial charge in [-0.15, -0.1) is 0 Å². The minimum atomic E-state index is -0.0322. The highest BCUT2D eigenvalue weighted by Gasteiger charge is 2.14. The van der Waals surface area contributed by atoms with Crippen LogP contribution in [0.25, 0.3) is 11.0 Å². The van der Waals surface area contributed by atoms with E-state index >= 15 is 0 Å². The van der Waals surface area contributed by atoms with Crippen LogP contribution in [-0.2, 0) is 16.0 Å². The van der Waals surface area contributed by atoms with Crippen molar-refractivity contribution in [3.8, 4) is 0 Å². The molecule has 2 N–H and O–H groups in total. The van der Waals surface area contributed by atoms with Gasteiger partial charge in [-0.05, 0) is 18.6 Å². The van der Waals surface area contributed by atoms with E-state index in [1.807, 2.05) is 29.7 Å². The van der Waals surface area contributed by atoms with E-state index in [1.165, 1.54) is 0 Å². The molecular weight excluding hydrogens is 230 g/mol. The molecule has 0 spiro atoms. The van der Waals surface area contributed by atoms with Gasteiger partial charge in [-0.2, -0.15) is 0 Å². The Hall–Kier alpha value is -1.59. The maximum absolute atomic E-state index is 5.98. The average molecular weight is 249 g/mol. The van der Waals surface area contributed by atoms with E-state index in [2.05, 4.69) is 4.98 Å². The molecule has 2 rings (SSSR count). The van der Waals surface area contributed by atoms with E-state index in [4.69, 9.17) is 15.2 Å². The Morgan fingerprint density at radius 1 is 1.39 bits per heavy atom. The third-order valence-electron chi connectivity index (χ3n) is 3.08. The number of fused-ring (bicyclic) bond motifs is 1. The maximum Gasteiger partial charge on any atom is 0.201 e. The number of benzene rings is 1. The molecule has 1 atom stereocenters. The van der Waals surface area contributed by atoms with Crippen LogP contribution in [0.3, 0.4) is 0 Å². The lowest BCUT2D eigenvalue weighted by molar-refractivity contribution is 0.0193. The highest BCUT2D eigenvalue weighted by molar-refractivity contribution is 5.81. The molecule has 0 amide bonds. The number of para-hydroxylation sites is 1. The van der Waals surface area contributed by atoms with Gasteiger partial charge < -0.3 is 19.8 Å². The number of nitrogens with two attached hydrogens (primary N) is 1. The van der Waals surface area contributed by atoms with Crippen LogP contribution in [0.4, 0.5) is 5.95 Å². The van der Waals surface area contributed by atoms with Gasteiger partial charge in [0.25, 0.3) is 0 Å². The van der Waals surface area contributed by atoms with Crippen LogP contribution in [0, 0.1) is 6.92 Å². The first-order chi connectivity index (χ1) is 8.67. The molecule has 0 aliphatic heterocycles. The number of aromatic nitrogens is 2. The second-order valence-corrected chi connectivity index (χ2v) is 4.34. The standard InChI is InChI=1S/C13H19N3O2/c1-9-5-4-6-11-12(9)15-13(14)16(11)7-10(18-3)8-17-2/h4-6,10H,7-8H2,1-3H3,(H2,14,15). The van der Waals surface area contributed by atoms with Gasteiger partial charge >= 0.3 is 0 Å². The van der Waals surface area contributed by atoms with Crippen LogP contribution < -0.4 is 5.73 Å². The van der Waals surface area contributed by atoms with Crippen molar-refractivity contribution in [2.24, 2.45) is 0 Å². The summed E-state index contributed by atoms with van der Waals surface area (Å²) in [7, 11) is 3.33. The van der Waals surface area contributed by atoms with Crippen molar-refractivity contribution in [1.82, 2.24) is 9.55 Å². The van der Waals surface area contributed by atoms with E-state index in [1.54, 1.807) is 14.2 Å². The zero-order valence-corrected chi connectivity index (χ0v) is 11.0. The summed E-state index contributed by atoms with van der Waals surface area (Å²) in [6.45, 7) is 3.19. The average Bonchev–Trinajstić information content (AvgIpc) is 2.67. The van der Waals surface area contributed by atoms with Crippen molar-refractivity contribution in [3.63, 3.8) is 0 Å². The number of methoxy groups -OCH3 is 2. The Morgan fingerprint density at radius 3 is 2.83 bits per heavy atom. The summed E-state index contributed by atoms with van der Waals surface area (Å²) in [5.74, 6) is 0.512. The summed E-state index contributed by atoms with van der Waals surface area (Å²) in [6, 6.07) is 6.06. The molecule has 0 aliphatic rings. The number of imidazole rings is 1. The number of hydrogen-bond acceptors (Lipinski definition) is 4. The summed E-state index contributed by atoms with van der Waals surface area (Å²) in [5, 5.41) is 0. The zero-order valence-electron chi connectivity index (χ0n) is 11.0. The van der Waals surface area contributed by atoms with E-state index < -0.39 is 0 Å². The van der Waals surface area contributed by atoms with Gasteiger partial charge in [-0.1, -0.05) is 12.1 Å². The second-order valence-electron chi connectivity index (χ2n) is 4.34. The number of hydrogen-bond donors (Lipinski definition) is 1. The first kappa shape index (κ1) is 12.9. The Balaban J connectivity index is 2.38. The molecule has 0 aliphatic carbocycles. The lowest BCUT2D eigenvalue weighted by Gasteiger charge is -2.16. The fourth-order valence-corrected chi connectivity index (χ4v) is 2.08. The van der Waals surface area contributed by atoms with Crippen molar-refractivity contribution < 1.29 is 9.47 Å². The first-order valence-corrected chi connectivity index (χ1v) is 5.90. The van der Waals surface area contributed by atoms with Gasteiger partial charge in [-0.3, -0.25) is 0 Å². The van der Waals surface area contributed by atoms with E-state index in [0.29, 0.717) is 19.1 Å². The molecule has 0 bridgehead atoms. The number of nitrogens with zero attached hydrogens (tertiary/aromatic N) is 2. The van der Waals surface area contributed by atoms with Gasteiger partial charge in [-0.25, -0.2) is 4.98 Å². The van der Waals surface area contributed by atoms with Gasteiger partial charge in [0, 0.05) is 14.2 Å². The second kappa shape index (κ2) is 5.37. The summed E-state index contributed by atoms with van der Waals surface area (Å²) in [6.07, 6.45) is -0.0322. The number of ether oxygens (including phenoxy) is 2. The van der Waals surface area contributed by atoms with Crippen LogP contribution in [0.15, 0.2) is 18.2 Å². The summed E-state index contributed by atoms with van der Waals surface area (Å²) < 4.78 is 12.5. The minimum absolute atomic E-state index is 0.0322. The van der Waals surface area contributed by atoms with E-state index in [0.717, 1.165) is 16.6 Å². The monoisotopic (exact) mass is 249 g/mol. The summed E-state index contributed by atoms with van der Waals surface area (Å²) in [5.41, 5.74) is 9.08. The summed E-state index contributed by atoms with van der Waals surface area (Å²) >= 11 is 0. The van der Waals surface area contributed by atoms with Crippen molar-refractivity contribution in [3.05, 3.63) is 23.8 Å². The Labute approximate surface area is 107 Å². The largest absolute Gasteiger partial charge is 0.382 e. The van der Waals surface area contributed by atoms with Crippen LogP contribution in [0.5, 0.6) is 0 Å². The molecule has 1 unspecified atom stereocenters. The number of aryl methyl sites for hydroxylation is 1. The number of rotatable bonds is 5. The van der Waals surface area contributed by atoms with Gasteiger partial charge in [0.1, 0.15) is 0 Å². The molecule has 5 nitrogen and oxygen atoms in total. The lowest BCUT2D eigenvalue weighted by atomic mass is 10.2. The Bertz CT molecular complexity index is 536. The van der Waals surface area contributed by atoms with Crippen LogP contribution in [0.2, 0.25) is 0 Å². The Morgan fingerprint density at radius 2 is 2.17 bits per heavy atom. The molecule has 0 saturated heterocycles. The molecule has 0 radical (unpaired) electrons. The van der Waals surface area contributed by atoms with Gasteiger partial charge in [0.2, 0.25) is 5.95 Å². The van der Waals surface area contributed by atoms with Gasteiger partial charge in [0.05, 0.1) is 30.3 Å². The number of nitrogen functional groups attached to an aromatic ring is 1.